The number of hydrogen-bond acceptors (Lipinski definition) is 4. The van der Waals surface area contributed by atoms with E-state index in [1.54, 1.807) is 0 Å². The zero-order valence-electron chi connectivity index (χ0n) is 11.3. The minimum atomic E-state index is -4.45. The molecule has 0 aromatic carbocycles. The second-order valence-corrected chi connectivity index (χ2v) is 5.27. The predicted molar refractivity (Wildman–Crippen MR) is 72.0 cm³/mol. The largest absolute Gasteiger partial charge is 0.435 e. The topological polar surface area (TPSA) is 59.5 Å². The van der Waals surface area contributed by atoms with Crippen LogP contribution in [0.5, 0.6) is 0 Å². The van der Waals surface area contributed by atoms with Gasteiger partial charge in [-0.15, -0.1) is 0 Å². The van der Waals surface area contributed by atoms with Gasteiger partial charge < -0.3 is 10.6 Å². The van der Waals surface area contributed by atoms with Gasteiger partial charge in [0.15, 0.2) is 11.5 Å². The standard InChI is InChI=1S/C13H16F3N5/c14-13(15,16)11-7-10-12(18-3-6-21(10)19-11)20-4-1-9(8-17)2-5-20/h3,6-7,9H,1-2,4-5,8,17H2. The first kappa shape index (κ1) is 14.1. The number of hydrogen-bond donors (Lipinski definition) is 1. The average molecular weight is 299 g/mol. The highest BCUT2D eigenvalue weighted by Gasteiger charge is 2.34. The number of halogens is 3. The van der Waals surface area contributed by atoms with E-state index in [1.165, 1.54) is 16.9 Å². The van der Waals surface area contributed by atoms with Gasteiger partial charge >= 0.3 is 6.18 Å². The van der Waals surface area contributed by atoms with Gasteiger partial charge in [-0.05, 0) is 25.3 Å². The highest BCUT2D eigenvalue weighted by atomic mass is 19.4. The van der Waals surface area contributed by atoms with Gasteiger partial charge in [0.05, 0.1) is 0 Å². The maximum atomic E-state index is 12.8. The van der Waals surface area contributed by atoms with Gasteiger partial charge in [-0.25, -0.2) is 9.50 Å². The molecule has 1 aliphatic rings. The van der Waals surface area contributed by atoms with Gasteiger partial charge in [-0.1, -0.05) is 0 Å². The van der Waals surface area contributed by atoms with Gasteiger partial charge in [0.1, 0.15) is 5.52 Å². The Morgan fingerprint density at radius 2 is 2.00 bits per heavy atom. The lowest BCUT2D eigenvalue weighted by Gasteiger charge is -2.32. The Kier molecular flexibility index (Phi) is 3.48. The maximum absolute atomic E-state index is 12.8. The molecule has 1 saturated heterocycles. The number of nitrogens with zero attached hydrogens (tertiary/aromatic N) is 4. The molecule has 0 amide bonds. The van der Waals surface area contributed by atoms with Crippen LogP contribution < -0.4 is 10.6 Å². The lowest BCUT2D eigenvalue weighted by atomic mass is 9.97. The van der Waals surface area contributed by atoms with Crippen molar-refractivity contribution in [2.45, 2.75) is 19.0 Å². The number of nitrogens with two attached hydrogens (primary N) is 1. The second kappa shape index (κ2) is 5.18. The van der Waals surface area contributed by atoms with Crippen molar-refractivity contribution < 1.29 is 13.2 Å². The van der Waals surface area contributed by atoms with E-state index in [4.69, 9.17) is 5.73 Å². The van der Waals surface area contributed by atoms with Crippen LogP contribution in [-0.2, 0) is 6.18 Å². The van der Waals surface area contributed by atoms with Crippen LogP contribution in [0.1, 0.15) is 18.5 Å². The molecule has 0 unspecified atom stereocenters. The summed E-state index contributed by atoms with van der Waals surface area (Å²) in [6.45, 7) is 2.15. The van der Waals surface area contributed by atoms with Crippen LogP contribution in [0.4, 0.5) is 19.0 Å². The third-order valence-corrected chi connectivity index (χ3v) is 3.91. The summed E-state index contributed by atoms with van der Waals surface area (Å²) in [5.74, 6) is 1.03. The van der Waals surface area contributed by atoms with Crippen molar-refractivity contribution in [3.63, 3.8) is 0 Å². The van der Waals surface area contributed by atoms with Crippen LogP contribution in [0.2, 0.25) is 0 Å². The fraction of sp³-hybridized carbons (Fsp3) is 0.538. The molecular formula is C13H16F3N5. The first-order valence-electron chi connectivity index (χ1n) is 6.85. The Bertz CT molecular complexity index is 628. The summed E-state index contributed by atoms with van der Waals surface area (Å²) in [6, 6.07) is 1.05. The molecule has 0 spiro atoms. The summed E-state index contributed by atoms with van der Waals surface area (Å²) in [5.41, 5.74) is 5.15. The second-order valence-electron chi connectivity index (χ2n) is 5.27. The number of piperidine rings is 1. The molecule has 0 saturated carbocycles. The van der Waals surface area contributed by atoms with E-state index in [9.17, 15) is 13.2 Å². The Balaban J connectivity index is 1.94. The van der Waals surface area contributed by atoms with Crippen LogP contribution in [0.25, 0.3) is 5.52 Å². The molecule has 2 aromatic heterocycles. The van der Waals surface area contributed by atoms with Crippen molar-refractivity contribution in [2.75, 3.05) is 24.5 Å². The number of fused-ring (bicyclic) bond motifs is 1. The van der Waals surface area contributed by atoms with Crippen LogP contribution in [0.15, 0.2) is 18.5 Å². The third kappa shape index (κ3) is 2.67. The van der Waals surface area contributed by atoms with E-state index >= 15 is 0 Å². The van der Waals surface area contributed by atoms with E-state index in [-0.39, 0.29) is 0 Å². The van der Waals surface area contributed by atoms with Gasteiger partial charge in [-0.3, -0.25) is 0 Å². The molecule has 2 aromatic rings. The van der Waals surface area contributed by atoms with Crippen molar-refractivity contribution >= 4 is 11.3 Å². The molecule has 3 rings (SSSR count). The number of anilines is 1. The summed E-state index contributed by atoms with van der Waals surface area (Å²) < 4.78 is 39.6. The average Bonchev–Trinajstić information content (AvgIpc) is 2.91. The summed E-state index contributed by atoms with van der Waals surface area (Å²) in [6.07, 6.45) is 0.319. The molecule has 0 aliphatic carbocycles. The molecule has 8 heteroatoms. The van der Waals surface area contributed by atoms with E-state index < -0.39 is 11.9 Å². The third-order valence-electron chi connectivity index (χ3n) is 3.91. The molecule has 21 heavy (non-hydrogen) atoms. The quantitative estimate of drug-likeness (QED) is 0.920. The Morgan fingerprint density at radius 1 is 1.29 bits per heavy atom. The normalized spacial score (nSPS) is 17.6. The van der Waals surface area contributed by atoms with E-state index in [1.807, 2.05) is 4.90 Å². The first-order chi connectivity index (χ1) is 9.99. The molecule has 5 nitrogen and oxygen atoms in total. The Morgan fingerprint density at radius 3 is 2.62 bits per heavy atom. The van der Waals surface area contributed by atoms with Crippen molar-refractivity contribution in [3.05, 3.63) is 24.2 Å². The van der Waals surface area contributed by atoms with Gasteiger partial charge in [0, 0.05) is 31.5 Å². The van der Waals surface area contributed by atoms with Crippen molar-refractivity contribution in [1.82, 2.24) is 14.6 Å². The molecule has 0 radical (unpaired) electrons. The van der Waals surface area contributed by atoms with Crippen LogP contribution >= 0.6 is 0 Å². The fourth-order valence-corrected chi connectivity index (χ4v) is 2.67. The SMILES string of the molecule is NCC1CCN(c2nccn3nc(C(F)(F)F)cc23)CC1. The predicted octanol–water partition coefficient (Wildman–Crippen LogP) is 1.92. The zero-order valence-corrected chi connectivity index (χ0v) is 11.3. The van der Waals surface area contributed by atoms with Crippen LogP contribution in [0, 0.1) is 5.92 Å². The van der Waals surface area contributed by atoms with E-state index in [0.717, 1.165) is 32.0 Å². The minimum Gasteiger partial charge on any atom is -0.355 e. The molecule has 1 aliphatic heterocycles. The van der Waals surface area contributed by atoms with Gasteiger partial charge in [-0.2, -0.15) is 18.3 Å². The summed E-state index contributed by atoms with van der Waals surface area (Å²) in [5, 5.41) is 3.58. The number of aromatic nitrogens is 3. The van der Waals surface area contributed by atoms with Gasteiger partial charge in [0.2, 0.25) is 0 Å². The fourth-order valence-electron chi connectivity index (χ4n) is 2.67. The van der Waals surface area contributed by atoms with E-state index in [0.29, 0.717) is 23.8 Å². The van der Waals surface area contributed by atoms with Crippen molar-refractivity contribution in [3.8, 4) is 0 Å². The molecule has 1 fully saturated rings. The summed E-state index contributed by atoms with van der Waals surface area (Å²) >= 11 is 0. The lowest BCUT2D eigenvalue weighted by Crippen LogP contribution is -2.36. The number of rotatable bonds is 2. The zero-order chi connectivity index (χ0) is 15.0. The minimum absolute atomic E-state index is 0.385. The highest BCUT2D eigenvalue weighted by molar-refractivity contribution is 5.69. The van der Waals surface area contributed by atoms with E-state index in [2.05, 4.69) is 10.1 Å². The maximum Gasteiger partial charge on any atom is 0.435 e. The van der Waals surface area contributed by atoms with Crippen LogP contribution in [-0.4, -0.2) is 34.2 Å². The molecule has 3 heterocycles. The van der Waals surface area contributed by atoms with Gasteiger partial charge in [0.25, 0.3) is 0 Å². The number of alkyl halides is 3. The summed E-state index contributed by atoms with van der Waals surface area (Å²) in [4.78, 5) is 6.25. The lowest BCUT2D eigenvalue weighted by molar-refractivity contribution is -0.141. The molecule has 114 valence electrons. The molecule has 0 bridgehead atoms. The molecule has 2 N–H and O–H groups in total. The molecule has 0 atom stereocenters. The smallest absolute Gasteiger partial charge is 0.355 e. The first-order valence-corrected chi connectivity index (χ1v) is 6.85. The Hall–Kier alpha value is -1.83. The van der Waals surface area contributed by atoms with Crippen LogP contribution in [0.3, 0.4) is 0 Å². The molecular weight excluding hydrogens is 283 g/mol. The highest BCUT2D eigenvalue weighted by Crippen LogP contribution is 2.31. The van der Waals surface area contributed by atoms with Crippen molar-refractivity contribution in [2.24, 2.45) is 11.7 Å². The Labute approximate surface area is 119 Å². The summed E-state index contributed by atoms with van der Waals surface area (Å²) in [7, 11) is 0. The van der Waals surface area contributed by atoms with Crippen molar-refractivity contribution in [1.29, 1.82) is 0 Å². The monoisotopic (exact) mass is 299 g/mol.